The normalized spacial score (nSPS) is 22.5. The molecule has 102 valence electrons. The minimum atomic E-state index is -0.148. The van der Waals surface area contributed by atoms with E-state index in [1.807, 2.05) is 17.9 Å². The van der Waals surface area contributed by atoms with Crippen molar-refractivity contribution in [1.29, 1.82) is 0 Å². The van der Waals surface area contributed by atoms with Gasteiger partial charge in [-0.25, -0.2) is 0 Å². The lowest BCUT2D eigenvalue weighted by molar-refractivity contribution is -0.147. The second kappa shape index (κ2) is 5.85. The fourth-order valence-electron chi connectivity index (χ4n) is 2.71. The number of nitrogens with one attached hydrogen (secondary N) is 1. The first-order valence-electron chi connectivity index (χ1n) is 6.90. The van der Waals surface area contributed by atoms with Crippen molar-refractivity contribution in [3.05, 3.63) is 12.7 Å². The molecule has 0 aromatic carbocycles. The highest BCUT2D eigenvalue weighted by Crippen LogP contribution is 2.24. The van der Waals surface area contributed by atoms with Crippen LogP contribution in [0, 0.1) is 0 Å². The summed E-state index contributed by atoms with van der Waals surface area (Å²) < 4.78 is 5.73. The predicted molar refractivity (Wildman–Crippen MR) is 71.4 cm³/mol. The Balaban J connectivity index is 1.84. The molecule has 0 unspecified atom stereocenters. The van der Waals surface area contributed by atoms with Crippen LogP contribution in [-0.2, 0) is 9.53 Å². The van der Waals surface area contributed by atoms with Gasteiger partial charge in [0.25, 0.3) is 0 Å². The van der Waals surface area contributed by atoms with E-state index in [4.69, 9.17) is 4.74 Å². The summed E-state index contributed by atoms with van der Waals surface area (Å²) in [7, 11) is 0. The molecule has 0 atom stereocenters. The number of rotatable bonds is 6. The molecule has 0 bridgehead atoms. The summed E-state index contributed by atoms with van der Waals surface area (Å²) in [6, 6.07) is 0.395. The molecule has 1 saturated heterocycles. The van der Waals surface area contributed by atoms with Crippen molar-refractivity contribution in [3.63, 3.8) is 0 Å². The van der Waals surface area contributed by atoms with Gasteiger partial charge in [-0.1, -0.05) is 18.9 Å². The lowest BCUT2D eigenvalue weighted by Gasteiger charge is -2.39. The van der Waals surface area contributed by atoms with E-state index >= 15 is 0 Å². The topological polar surface area (TPSA) is 41.6 Å². The number of ether oxygens (including phenoxy) is 1. The molecule has 2 aliphatic rings. The Bertz CT molecular complexity index is 307. The van der Waals surface area contributed by atoms with Gasteiger partial charge in [0.1, 0.15) is 6.61 Å². The Kier molecular flexibility index (Phi) is 4.40. The first kappa shape index (κ1) is 13.6. The third-order valence-corrected chi connectivity index (χ3v) is 3.95. The molecule has 4 nitrogen and oxygen atoms in total. The van der Waals surface area contributed by atoms with Crippen LogP contribution >= 0.6 is 0 Å². The molecule has 0 spiro atoms. The van der Waals surface area contributed by atoms with Gasteiger partial charge in [0.2, 0.25) is 5.91 Å². The summed E-state index contributed by atoms with van der Waals surface area (Å²) in [6.45, 7) is 8.31. The highest BCUT2D eigenvalue weighted by Gasteiger charge is 2.34. The third-order valence-electron chi connectivity index (χ3n) is 3.95. The number of hydrogen-bond acceptors (Lipinski definition) is 3. The standard InChI is InChI=1S/C14H24N2O2/c1-3-8-16(12-6-4-5-7-12)13(17)9-18-14(2)10-15-11-14/h3,12,15H,1,4-11H2,2H3. The molecule has 1 heterocycles. The molecule has 1 aliphatic carbocycles. The molecule has 2 rings (SSSR count). The molecule has 1 N–H and O–H groups in total. The number of nitrogens with zero attached hydrogens (tertiary/aromatic N) is 1. The minimum absolute atomic E-state index is 0.106. The van der Waals surface area contributed by atoms with E-state index in [9.17, 15) is 4.79 Å². The zero-order valence-corrected chi connectivity index (χ0v) is 11.3. The van der Waals surface area contributed by atoms with Gasteiger partial charge in [-0.15, -0.1) is 6.58 Å². The van der Waals surface area contributed by atoms with Crippen LogP contribution in [0.1, 0.15) is 32.6 Å². The molecule has 2 fully saturated rings. The number of carbonyl (C=O) groups is 1. The number of hydrogen-bond donors (Lipinski definition) is 1. The highest BCUT2D eigenvalue weighted by molar-refractivity contribution is 5.78. The number of amides is 1. The lowest BCUT2D eigenvalue weighted by Crippen LogP contribution is -2.60. The van der Waals surface area contributed by atoms with Crippen LogP contribution in [0.3, 0.4) is 0 Å². The van der Waals surface area contributed by atoms with E-state index in [1.54, 1.807) is 0 Å². The molecule has 1 amide bonds. The van der Waals surface area contributed by atoms with E-state index in [0.29, 0.717) is 12.6 Å². The molecule has 0 aromatic heterocycles. The van der Waals surface area contributed by atoms with Gasteiger partial charge in [0.05, 0.1) is 5.60 Å². The smallest absolute Gasteiger partial charge is 0.249 e. The Morgan fingerprint density at radius 1 is 1.50 bits per heavy atom. The van der Waals surface area contributed by atoms with Gasteiger partial charge >= 0.3 is 0 Å². The van der Waals surface area contributed by atoms with E-state index < -0.39 is 0 Å². The molecular weight excluding hydrogens is 228 g/mol. The lowest BCUT2D eigenvalue weighted by atomic mass is 10.0. The highest BCUT2D eigenvalue weighted by atomic mass is 16.5. The summed E-state index contributed by atoms with van der Waals surface area (Å²) in [5.41, 5.74) is -0.148. The van der Waals surface area contributed by atoms with Crippen molar-refractivity contribution in [2.24, 2.45) is 0 Å². The summed E-state index contributed by atoms with van der Waals surface area (Å²) in [6.07, 6.45) is 6.52. The Morgan fingerprint density at radius 3 is 2.67 bits per heavy atom. The fourth-order valence-corrected chi connectivity index (χ4v) is 2.71. The van der Waals surface area contributed by atoms with Crippen LogP contribution in [0.25, 0.3) is 0 Å². The molecule has 18 heavy (non-hydrogen) atoms. The zero-order chi connectivity index (χ0) is 13.0. The maximum Gasteiger partial charge on any atom is 0.249 e. The predicted octanol–water partition coefficient (Wildman–Crippen LogP) is 1.32. The van der Waals surface area contributed by atoms with Crippen molar-refractivity contribution >= 4 is 5.91 Å². The van der Waals surface area contributed by atoms with Crippen molar-refractivity contribution < 1.29 is 9.53 Å². The molecule has 4 heteroatoms. The van der Waals surface area contributed by atoms with Crippen molar-refractivity contribution in [1.82, 2.24) is 10.2 Å². The Labute approximate surface area is 109 Å². The number of carbonyl (C=O) groups excluding carboxylic acids is 1. The van der Waals surface area contributed by atoms with E-state index in [0.717, 1.165) is 25.9 Å². The molecule has 1 saturated carbocycles. The van der Waals surface area contributed by atoms with Crippen LogP contribution in [0.15, 0.2) is 12.7 Å². The maximum atomic E-state index is 12.2. The van der Waals surface area contributed by atoms with E-state index in [-0.39, 0.29) is 18.1 Å². The minimum Gasteiger partial charge on any atom is -0.363 e. The maximum absolute atomic E-state index is 12.2. The summed E-state index contributed by atoms with van der Waals surface area (Å²) in [5, 5.41) is 3.17. The average molecular weight is 252 g/mol. The van der Waals surface area contributed by atoms with Gasteiger partial charge in [0.15, 0.2) is 0 Å². The Morgan fingerprint density at radius 2 is 2.17 bits per heavy atom. The average Bonchev–Trinajstić information content (AvgIpc) is 2.84. The van der Waals surface area contributed by atoms with Gasteiger partial charge in [-0.05, 0) is 19.8 Å². The van der Waals surface area contributed by atoms with Crippen molar-refractivity contribution in [2.75, 3.05) is 26.2 Å². The van der Waals surface area contributed by atoms with E-state index in [1.165, 1.54) is 12.8 Å². The van der Waals surface area contributed by atoms with Crippen LogP contribution in [0.4, 0.5) is 0 Å². The fraction of sp³-hybridized carbons (Fsp3) is 0.786. The quantitative estimate of drug-likeness (QED) is 0.725. The molecule has 0 aromatic rings. The van der Waals surface area contributed by atoms with E-state index in [2.05, 4.69) is 11.9 Å². The summed E-state index contributed by atoms with van der Waals surface area (Å²) in [5.74, 6) is 0.106. The molecular formula is C14H24N2O2. The summed E-state index contributed by atoms with van der Waals surface area (Å²) >= 11 is 0. The second-order valence-corrected chi connectivity index (χ2v) is 5.62. The van der Waals surface area contributed by atoms with Gasteiger partial charge < -0.3 is 15.0 Å². The second-order valence-electron chi connectivity index (χ2n) is 5.62. The van der Waals surface area contributed by atoms with Crippen LogP contribution in [-0.4, -0.2) is 48.7 Å². The molecule has 0 radical (unpaired) electrons. The Hall–Kier alpha value is -0.870. The first-order chi connectivity index (χ1) is 8.64. The first-order valence-corrected chi connectivity index (χ1v) is 6.90. The van der Waals surface area contributed by atoms with Crippen molar-refractivity contribution in [2.45, 2.75) is 44.2 Å². The molecule has 1 aliphatic heterocycles. The van der Waals surface area contributed by atoms with Gasteiger partial charge in [-0.3, -0.25) is 4.79 Å². The SMILES string of the molecule is C=CCN(C(=O)COC1(C)CNC1)C1CCCC1. The zero-order valence-electron chi connectivity index (χ0n) is 11.3. The largest absolute Gasteiger partial charge is 0.363 e. The monoisotopic (exact) mass is 252 g/mol. The van der Waals surface area contributed by atoms with Crippen LogP contribution in [0.5, 0.6) is 0 Å². The van der Waals surface area contributed by atoms with Crippen LogP contribution in [0.2, 0.25) is 0 Å². The van der Waals surface area contributed by atoms with Gasteiger partial charge in [0, 0.05) is 25.7 Å². The van der Waals surface area contributed by atoms with Crippen LogP contribution < -0.4 is 5.32 Å². The van der Waals surface area contributed by atoms with Crippen molar-refractivity contribution in [3.8, 4) is 0 Å². The summed E-state index contributed by atoms with van der Waals surface area (Å²) in [4.78, 5) is 14.2. The third kappa shape index (κ3) is 3.12. The van der Waals surface area contributed by atoms with Gasteiger partial charge in [-0.2, -0.15) is 0 Å².